The van der Waals surface area contributed by atoms with Crippen LogP contribution in [0.2, 0.25) is 0 Å². The highest BCUT2D eigenvalue weighted by Crippen LogP contribution is 2.21. The van der Waals surface area contributed by atoms with Crippen LogP contribution in [-0.4, -0.2) is 22.1 Å². The number of nitrogens with zero attached hydrogens (tertiary/aromatic N) is 3. The Hall–Kier alpha value is -3.51. The molecule has 4 rings (SSSR count). The fraction of sp³-hybridized carbons (Fsp3) is 0.167. The number of halogens is 1. The number of para-hydroxylation sites is 1. The Morgan fingerprint density at radius 1 is 0.867 bits per heavy atom. The number of aromatic nitrogens is 3. The molecule has 0 saturated heterocycles. The molecule has 0 aliphatic carbocycles. The zero-order valence-corrected chi connectivity index (χ0v) is 16.8. The fourth-order valence-electron chi connectivity index (χ4n) is 3.31. The van der Waals surface area contributed by atoms with Crippen molar-refractivity contribution >= 4 is 0 Å². The molecule has 0 unspecified atom stereocenters. The van der Waals surface area contributed by atoms with E-state index in [1.807, 2.05) is 54.6 Å². The van der Waals surface area contributed by atoms with Gasteiger partial charge in [0.1, 0.15) is 23.0 Å². The van der Waals surface area contributed by atoms with E-state index in [1.54, 1.807) is 24.0 Å². The summed E-state index contributed by atoms with van der Waals surface area (Å²) in [6.45, 7) is 1.70. The van der Waals surface area contributed by atoms with Crippen LogP contribution in [0.1, 0.15) is 16.8 Å². The minimum Gasteiger partial charge on any atom is -0.496 e. The Balaban J connectivity index is 1.54. The summed E-state index contributed by atoms with van der Waals surface area (Å²) < 4.78 is 18.6. The molecule has 5 nitrogen and oxygen atoms in total. The molecule has 1 aromatic heterocycles. The van der Waals surface area contributed by atoms with Gasteiger partial charge in [-0.25, -0.2) is 4.39 Å². The molecule has 30 heavy (non-hydrogen) atoms. The Morgan fingerprint density at radius 2 is 1.60 bits per heavy atom. The lowest BCUT2D eigenvalue weighted by Gasteiger charge is -2.09. The monoisotopic (exact) mass is 402 g/mol. The first-order chi connectivity index (χ1) is 14.7. The van der Waals surface area contributed by atoms with E-state index in [9.17, 15) is 4.39 Å². The van der Waals surface area contributed by atoms with E-state index in [4.69, 9.17) is 14.9 Å². The van der Waals surface area contributed by atoms with Crippen LogP contribution in [0.4, 0.5) is 4.39 Å². The molecule has 0 atom stereocenters. The van der Waals surface area contributed by atoms with E-state index in [2.05, 4.69) is 5.32 Å². The minimum absolute atomic E-state index is 0.252. The van der Waals surface area contributed by atoms with Crippen molar-refractivity contribution in [2.75, 3.05) is 7.11 Å². The first kappa shape index (κ1) is 19.8. The number of rotatable bonds is 8. The van der Waals surface area contributed by atoms with Gasteiger partial charge in [-0.15, -0.1) is 0 Å². The van der Waals surface area contributed by atoms with Gasteiger partial charge in [-0.1, -0.05) is 60.7 Å². The second kappa shape index (κ2) is 9.33. The fourth-order valence-corrected chi connectivity index (χ4v) is 3.31. The maximum atomic E-state index is 13.2. The zero-order valence-electron chi connectivity index (χ0n) is 16.8. The summed E-state index contributed by atoms with van der Waals surface area (Å²) >= 11 is 0. The summed E-state index contributed by atoms with van der Waals surface area (Å²) in [5.74, 6) is 0.603. The molecule has 0 saturated carbocycles. The van der Waals surface area contributed by atoms with Crippen LogP contribution in [0.3, 0.4) is 0 Å². The molecule has 0 fully saturated rings. The van der Waals surface area contributed by atoms with Crippen molar-refractivity contribution in [3.05, 3.63) is 102 Å². The van der Waals surface area contributed by atoms with Crippen LogP contribution in [0, 0.1) is 5.82 Å². The minimum atomic E-state index is -0.252. The van der Waals surface area contributed by atoms with Crippen LogP contribution in [0.5, 0.6) is 5.75 Å². The maximum Gasteiger partial charge on any atom is 0.123 e. The smallest absolute Gasteiger partial charge is 0.123 e. The molecule has 1 heterocycles. The molecule has 3 aromatic carbocycles. The number of ether oxygens (including phenoxy) is 1. The quantitative estimate of drug-likeness (QED) is 0.474. The Kier molecular flexibility index (Phi) is 6.15. The SMILES string of the molecule is COc1ccccc1CNCc1nn(Cc2ccc(F)cc2)nc1-c1ccccc1. The van der Waals surface area contributed by atoms with Crippen LogP contribution in [0.15, 0.2) is 78.9 Å². The normalized spacial score (nSPS) is 10.9. The number of hydrogen-bond acceptors (Lipinski definition) is 4. The van der Waals surface area contributed by atoms with Crippen molar-refractivity contribution in [2.45, 2.75) is 19.6 Å². The van der Waals surface area contributed by atoms with Crippen molar-refractivity contribution in [2.24, 2.45) is 0 Å². The second-order valence-corrected chi connectivity index (χ2v) is 6.93. The molecule has 0 spiro atoms. The number of methoxy groups -OCH3 is 1. The first-order valence-electron chi connectivity index (χ1n) is 9.79. The van der Waals surface area contributed by atoms with Crippen LogP contribution in [-0.2, 0) is 19.6 Å². The van der Waals surface area contributed by atoms with Gasteiger partial charge in [-0.3, -0.25) is 0 Å². The highest BCUT2D eigenvalue weighted by atomic mass is 19.1. The lowest BCUT2D eigenvalue weighted by atomic mass is 10.1. The number of nitrogens with one attached hydrogen (secondary N) is 1. The molecular weight excluding hydrogens is 379 g/mol. The van der Waals surface area contributed by atoms with Gasteiger partial charge >= 0.3 is 0 Å². The van der Waals surface area contributed by atoms with E-state index < -0.39 is 0 Å². The van der Waals surface area contributed by atoms with Gasteiger partial charge in [0.25, 0.3) is 0 Å². The summed E-state index contributed by atoms with van der Waals surface area (Å²) in [5.41, 5.74) is 4.74. The van der Waals surface area contributed by atoms with E-state index in [1.165, 1.54) is 12.1 Å². The van der Waals surface area contributed by atoms with Crippen molar-refractivity contribution in [3.8, 4) is 17.0 Å². The average molecular weight is 402 g/mol. The lowest BCUT2D eigenvalue weighted by molar-refractivity contribution is 0.407. The van der Waals surface area contributed by atoms with E-state index in [0.29, 0.717) is 19.6 Å². The van der Waals surface area contributed by atoms with E-state index >= 15 is 0 Å². The maximum absolute atomic E-state index is 13.2. The number of hydrogen-bond donors (Lipinski definition) is 1. The van der Waals surface area contributed by atoms with Crippen LogP contribution < -0.4 is 10.1 Å². The summed E-state index contributed by atoms with van der Waals surface area (Å²) in [4.78, 5) is 1.66. The summed E-state index contributed by atoms with van der Waals surface area (Å²) in [6, 6.07) is 24.3. The third-order valence-corrected chi connectivity index (χ3v) is 4.81. The molecule has 0 amide bonds. The predicted molar refractivity (Wildman–Crippen MR) is 114 cm³/mol. The molecule has 0 aliphatic rings. The van der Waals surface area contributed by atoms with Gasteiger partial charge in [0.15, 0.2) is 0 Å². The highest BCUT2D eigenvalue weighted by Gasteiger charge is 2.13. The summed E-state index contributed by atoms with van der Waals surface area (Å²) in [7, 11) is 1.67. The van der Waals surface area contributed by atoms with Gasteiger partial charge in [0.05, 0.1) is 13.7 Å². The molecule has 0 bridgehead atoms. The zero-order chi connectivity index (χ0) is 20.8. The largest absolute Gasteiger partial charge is 0.496 e. The average Bonchev–Trinajstić information content (AvgIpc) is 3.19. The molecule has 1 N–H and O–H groups in total. The first-order valence-corrected chi connectivity index (χ1v) is 9.79. The third-order valence-electron chi connectivity index (χ3n) is 4.81. The molecule has 0 aliphatic heterocycles. The molecule has 0 radical (unpaired) electrons. The van der Waals surface area contributed by atoms with Gasteiger partial charge in [-0.2, -0.15) is 15.0 Å². The summed E-state index contributed by atoms with van der Waals surface area (Å²) in [6.07, 6.45) is 0. The van der Waals surface area contributed by atoms with E-state index in [-0.39, 0.29) is 5.82 Å². The second-order valence-electron chi connectivity index (χ2n) is 6.93. The van der Waals surface area contributed by atoms with E-state index in [0.717, 1.165) is 33.8 Å². The summed E-state index contributed by atoms with van der Waals surface area (Å²) in [5, 5.41) is 12.8. The van der Waals surface area contributed by atoms with Gasteiger partial charge in [-0.05, 0) is 23.8 Å². The molecule has 152 valence electrons. The van der Waals surface area contributed by atoms with Crippen molar-refractivity contribution in [3.63, 3.8) is 0 Å². The van der Waals surface area contributed by atoms with Crippen molar-refractivity contribution < 1.29 is 9.13 Å². The Morgan fingerprint density at radius 3 is 2.37 bits per heavy atom. The third kappa shape index (κ3) is 4.72. The van der Waals surface area contributed by atoms with Gasteiger partial charge in [0, 0.05) is 24.2 Å². The molecular formula is C24H23FN4O. The van der Waals surface area contributed by atoms with Crippen molar-refractivity contribution in [1.29, 1.82) is 0 Å². The van der Waals surface area contributed by atoms with Crippen LogP contribution in [0.25, 0.3) is 11.3 Å². The highest BCUT2D eigenvalue weighted by molar-refractivity contribution is 5.60. The lowest BCUT2D eigenvalue weighted by Crippen LogP contribution is -2.14. The van der Waals surface area contributed by atoms with Crippen molar-refractivity contribution in [1.82, 2.24) is 20.3 Å². The topological polar surface area (TPSA) is 52.0 Å². The number of benzene rings is 3. The standard InChI is InChI=1S/C24H23FN4O/c1-30-23-10-6-5-9-20(23)15-26-16-22-24(19-7-3-2-4-8-19)28-29(27-22)17-18-11-13-21(25)14-12-18/h2-14,26H,15-17H2,1H3. The van der Waals surface area contributed by atoms with Crippen LogP contribution >= 0.6 is 0 Å². The molecule has 6 heteroatoms. The Labute approximate surface area is 175 Å². The van der Waals surface area contributed by atoms with Gasteiger partial charge < -0.3 is 10.1 Å². The predicted octanol–water partition coefficient (Wildman–Crippen LogP) is 4.43. The molecule has 4 aromatic rings. The Bertz CT molecular complexity index is 1090. The van der Waals surface area contributed by atoms with Gasteiger partial charge in [0.2, 0.25) is 0 Å².